The van der Waals surface area contributed by atoms with E-state index >= 15 is 0 Å². The first-order chi connectivity index (χ1) is 12.3. The minimum atomic E-state index is -0.631. The first-order valence-corrected chi connectivity index (χ1v) is 8.70. The van der Waals surface area contributed by atoms with E-state index in [1.165, 1.54) is 0 Å². The Kier molecular flexibility index (Phi) is 7.30. The molecule has 7 heteroatoms. The summed E-state index contributed by atoms with van der Waals surface area (Å²) in [4.78, 5) is 23.6. The second-order valence-corrected chi connectivity index (χ2v) is 6.57. The molecule has 2 aromatic carbocycles. The number of benzene rings is 2. The van der Waals surface area contributed by atoms with Gasteiger partial charge in [0.15, 0.2) is 13.2 Å². The molecule has 0 aliphatic carbocycles. The summed E-state index contributed by atoms with van der Waals surface area (Å²) < 4.78 is 10.3. The zero-order valence-electron chi connectivity index (χ0n) is 14.4. The molecule has 0 aromatic heterocycles. The number of halogens is 2. The number of carbonyl (C=O) groups is 2. The lowest BCUT2D eigenvalue weighted by Gasteiger charge is -2.14. The normalized spacial score (nSPS) is 11.5. The Hall–Kier alpha value is -2.24. The molecule has 0 aliphatic heterocycles. The summed E-state index contributed by atoms with van der Waals surface area (Å²) in [6.07, 6.45) is 0. The van der Waals surface area contributed by atoms with E-state index < -0.39 is 11.9 Å². The van der Waals surface area contributed by atoms with Crippen LogP contribution in [-0.2, 0) is 14.3 Å². The highest BCUT2D eigenvalue weighted by atomic mass is 35.5. The number of amides is 1. The molecule has 0 bridgehead atoms. The highest BCUT2D eigenvalue weighted by Crippen LogP contribution is 2.21. The fourth-order valence-corrected chi connectivity index (χ4v) is 2.57. The fourth-order valence-electron chi connectivity index (χ4n) is 2.22. The topological polar surface area (TPSA) is 64.6 Å². The van der Waals surface area contributed by atoms with E-state index in [4.69, 9.17) is 32.7 Å². The van der Waals surface area contributed by atoms with E-state index in [0.717, 1.165) is 11.1 Å². The predicted octanol–water partition coefficient (Wildman–Crippen LogP) is 4.10. The Bertz CT molecular complexity index is 778. The van der Waals surface area contributed by atoms with Gasteiger partial charge in [-0.2, -0.15) is 0 Å². The predicted molar refractivity (Wildman–Crippen MR) is 101 cm³/mol. The van der Waals surface area contributed by atoms with Crippen molar-refractivity contribution in [2.45, 2.75) is 19.9 Å². The van der Waals surface area contributed by atoms with Gasteiger partial charge in [-0.3, -0.25) is 4.79 Å². The third kappa shape index (κ3) is 6.24. The molecule has 1 amide bonds. The van der Waals surface area contributed by atoms with Crippen molar-refractivity contribution >= 4 is 35.1 Å². The van der Waals surface area contributed by atoms with Crippen LogP contribution in [0.4, 0.5) is 0 Å². The molecule has 1 atom stereocenters. The van der Waals surface area contributed by atoms with E-state index in [0.29, 0.717) is 15.8 Å². The van der Waals surface area contributed by atoms with Crippen LogP contribution >= 0.6 is 23.2 Å². The van der Waals surface area contributed by atoms with Gasteiger partial charge in [0, 0.05) is 10.0 Å². The van der Waals surface area contributed by atoms with Gasteiger partial charge in [0.1, 0.15) is 5.75 Å². The number of esters is 1. The average molecular weight is 396 g/mol. The summed E-state index contributed by atoms with van der Waals surface area (Å²) in [5.41, 5.74) is 1.70. The number of carbonyl (C=O) groups excluding carboxylic acids is 2. The monoisotopic (exact) mass is 395 g/mol. The van der Waals surface area contributed by atoms with Crippen LogP contribution in [0.3, 0.4) is 0 Å². The molecular formula is C19H19Cl2NO4. The summed E-state index contributed by atoms with van der Waals surface area (Å²) in [5.74, 6) is -0.496. The van der Waals surface area contributed by atoms with E-state index in [1.807, 2.05) is 26.0 Å². The van der Waals surface area contributed by atoms with Gasteiger partial charge in [-0.25, -0.2) is 4.79 Å². The van der Waals surface area contributed by atoms with Crippen molar-refractivity contribution in [3.8, 4) is 5.75 Å². The fraction of sp³-hybridized carbons (Fsp3) is 0.263. The molecule has 26 heavy (non-hydrogen) atoms. The second-order valence-electron chi connectivity index (χ2n) is 5.70. The average Bonchev–Trinajstić information content (AvgIpc) is 2.59. The van der Waals surface area contributed by atoms with Crippen LogP contribution < -0.4 is 10.1 Å². The van der Waals surface area contributed by atoms with Gasteiger partial charge in [-0.15, -0.1) is 0 Å². The number of nitrogens with one attached hydrogen (secondary N) is 1. The highest BCUT2D eigenvalue weighted by molar-refractivity contribution is 6.30. The maximum Gasteiger partial charge on any atom is 0.344 e. The summed E-state index contributed by atoms with van der Waals surface area (Å²) in [6.45, 7) is 2.98. The molecule has 5 nitrogen and oxygen atoms in total. The zero-order chi connectivity index (χ0) is 19.1. The van der Waals surface area contributed by atoms with Gasteiger partial charge >= 0.3 is 5.97 Å². The molecule has 138 valence electrons. The van der Waals surface area contributed by atoms with Gasteiger partial charge in [-0.05, 0) is 55.3 Å². The number of ether oxygens (including phenoxy) is 2. The maximum absolute atomic E-state index is 11.9. The van der Waals surface area contributed by atoms with Crippen molar-refractivity contribution in [1.82, 2.24) is 5.32 Å². The number of rotatable bonds is 7. The standard InChI is InChI=1S/C19H19Cl2NO4/c1-12-9-16(21)7-8-17(12)25-11-19(24)26-10-18(23)22-13(2)14-3-5-15(20)6-4-14/h3-9,13H,10-11H2,1-2H3,(H,22,23)/t13-/m0/s1. The van der Waals surface area contributed by atoms with Crippen molar-refractivity contribution < 1.29 is 19.1 Å². The summed E-state index contributed by atoms with van der Waals surface area (Å²) >= 11 is 11.7. The zero-order valence-corrected chi connectivity index (χ0v) is 15.9. The molecule has 2 aromatic rings. The molecule has 0 aliphatic rings. The Morgan fingerprint density at radius 1 is 1.04 bits per heavy atom. The minimum Gasteiger partial charge on any atom is -0.482 e. The van der Waals surface area contributed by atoms with Crippen LogP contribution in [0.1, 0.15) is 24.1 Å². The molecule has 0 unspecified atom stereocenters. The molecule has 0 spiro atoms. The molecule has 0 saturated carbocycles. The molecule has 2 rings (SSSR count). The van der Waals surface area contributed by atoms with Crippen molar-refractivity contribution in [2.75, 3.05) is 13.2 Å². The SMILES string of the molecule is Cc1cc(Cl)ccc1OCC(=O)OCC(=O)N[C@@H](C)c1ccc(Cl)cc1. The Morgan fingerprint density at radius 2 is 1.69 bits per heavy atom. The summed E-state index contributed by atoms with van der Waals surface area (Å²) in [6, 6.07) is 12.0. The number of hydrogen-bond acceptors (Lipinski definition) is 4. The second kappa shape index (κ2) is 9.46. The van der Waals surface area contributed by atoms with Crippen LogP contribution in [0, 0.1) is 6.92 Å². The van der Waals surface area contributed by atoms with Crippen LogP contribution in [0.25, 0.3) is 0 Å². The third-order valence-corrected chi connectivity index (χ3v) is 4.08. The Labute approximate surface area is 162 Å². The van der Waals surface area contributed by atoms with Crippen LogP contribution in [-0.4, -0.2) is 25.1 Å². The van der Waals surface area contributed by atoms with Crippen LogP contribution in [0.5, 0.6) is 5.75 Å². The van der Waals surface area contributed by atoms with Crippen molar-refractivity contribution in [3.05, 3.63) is 63.6 Å². The van der Waals surface area contributed by atoms with Crippen molar-refractivity contribution in [2.24, 2.45) is 0 Å². The maximum atomic E-state index is 11.9. The molecule has 0 fully saturated rings. The van der Waals surface area contributed by atoms with Crippen LogP contribution in [0.15, 0.2) is 42.5 Å². The smallest absolute Gasteiger partial charge is 0.344 e. The number of hydrogen-bond donors (Lipinski definition) is 1. The van der Waals surface area contributed by atoms with Crippen molar-refractivity contribution in [3.63, 3.8) is 0 Å². The van der Waals surface area contributed by atoms with Gasteiger partial charge in [-0.1, -0.05) is 35.3 Å². The molecule has 0 saturated heterocycles. The lowest BCUT2D eigenvalue weighted by molar-refractivity contribution is -0.150. The van der Waals surface area contributed by atoms with Gasteiger partial charge in [0.25, 0.3) is 5.91 Å². The summed E-state index contributed by atoms with van der Waals surface area (Å²) in [7, 11) is 0. The molecular weight excluding hydrogens is 377 g/mol. The van der Waals surface area contributed by atoms with Crippen LogP contribution in [0.2, 0.25) is 10.0 Å². The lowest BCUT2D eigenvalue weighted by atomic mass is 10.1. The third-order valence-electron chi connectivity index (χ3n) is 3.59. The van der Waals surface area contributed by atoms with Gasteiger partial charge in [0.2, 0.25) is 0 Å². The van der Waals surface area contributed by atoms with Gasteiger partial charge in [0.05, 0.1) is 6.04 Å². The van der Waals surface area contributed by atoms with E-state index in [1.54, 1.807) is 30.3 Å². The first-order valence-electron chi connectivity index (χ1n) is 7.94. The Morgan fingerprint density at radius 3 is 2.35 bits per heavy atom. The van der Waals surface area contributed by atoms with E-state index in [-0.39, 0.29) is 19.3 Å². The molecule has 1 N–H and O–H groups in total. The van der Waals surface area contributed by atoms with E-state index in [9.17, 15) is 9.59 Å². The number of aryl methyl sites for hydroxylation is 1. The Balaban J connectivity index is 1.74. The highest BCUT2D eigenvalue weighted by Gasteiger charge is 2.13. The quantitative estimate of drug-likeness (QED) is 0.716. The summed E-state index contributed by atoms with van der Waals surface area (Å²) in [5, 5.41) is 3.95. The lowest BCUT2D eigenvalue weighted by Crippen LogP contribution is -2.31. The van der Waals surface area contributed by atoms with Crippen molar-refractivity contribution in [1.29, 1.82) is 0 Å². The first kappa shape index (κ1) is 20.1. The largest absolute Gasteiger partial charge is 0.482 e. The van der Waals surface area contributed by atoms with Gasteiger partial charge < -0.3 is 14.8 Å². The van der Waals surface area contributed by atoms with E-state index in [2.05, 4.69) is 5.32 Å². The minimum absolute atomic E-state index is 0.230. The molecule has 0 radical (unpaired) electrons. The molecule has 0 heterocycles.